The predicted octanol–water partition coefficient (Wildman–Crippen LogP) is 8.48. The molecule has 0 aliphatic rings. The third-order valence-electron chi connectivity index (χ3n) is 6.26. The minimum Gasteiger partial charge on any atom is -0.100 e. The number of hydrogen-bond donors (Lipinski definition) is 0. The Balaban J connectivity index is 2.59. The summed E-state index contributed by atoms with van der Waals surface area (Å²) < 4.78 is 0. The molecule has 0 nitrogen and oxygen atoms in total. The van der Waals surface area contributed by atoms with E-state index in [1.165, 1.54) is 0 Å². The molecule has 0 radical (unpaired) electrons. The van der Waals surface area contributed by atoms with Gasteiger partial charge in [0.2, 0.25) is 6.71 Å². The van der Waals surface area contributed by atoms with Crippen LogP contribution in [-0.4, -0.2) is 6.71 Å². The molecule has 0 fully saturated rings. The van der Waals surface area contributed by atoms with Crippen molar-refractivity contribution >= 4 is 92.7 Å². The van der Waals surface area contributed by atoms with Crippen molar-refractivity contribution in [1.29, 1.82) is 0 Å². The molecule has 0 heterocycles. The normalized spacial score (nSPS) is 11.7. The topological polar surface area (TPSA) is 0 Å². The van der Waals surface area contributed by atoms with Gasteiger partial charge < -0.3 is 0 Å². The van der Waals surface area contributed by atoms with E-state index >= 15 is 0 Å². The third-order valence-corrected chi connectivity index (χ3v) is 7.67. The maximum atomic E-state index is 6.57. The Hall–Kier alpha value is -0.535. The van der Waals surface area contributed by atoms with E-state index in [0.29, 0.717) is 0 Å². The molecule has 0 spiro atoms. The number of aryl methyl sites for hydroxylation is 6. The zero-order valence-electron chi connectivity index (χ0n) is 20.0. The van der Waals surface area contributed by atoms with Crippen LogP contribution in [0.15, 0.2) is 36.4 Å². The summed E-state index contributed by atoms with van der Waals surface area (Å²) in [5.74, 6) is 0. The van der Waals surface area contributed by atoms with E-state index < -0.39 is 14.5 Å². The van der Waals surface area contributed by atoms with Gasteiger partial charge in [-0.3, -0.25) is 0 Å². The van der Waals surface area contributed by atoms with E-state index in [4.69, 9.17) is 69.6 Å². The van der Waals surface area contributed by atoms with E-state index in [0.717, 1.165) is 66.5 Å². The lowest BCUT2D eigenvalue weighted by Gasteiger charge is -2.30. The summed E-state index contributed by atoms with van der Waals surface area (Å²) in [4.78, 5) is -2.15. The molecule has 3 aromatic rings. The second kappa shape index (κ2) is 11.2. The summed E-state index contributed by atoms with van der Waals surface area (Å²) >= 11 is 39.4. The fourth-order valence-corrected chi connectivity index (χ4v) is 6.28. The van der Waals surface area contributed by atoms with E-state index in [1.807, 2.05) is 39.0 Å². The Bertz CT molecular complexity index is 1070. The van der Waals surface area contributed by atoms with Crippen molar-refractivity contribution < 1.29 is 0 Å². The monoisotopic (exact) mass is 572 g/mol. The first kappa shape index (κ1) is 28.0. The van der Waals surface area contributed by atoms with Gasteiger partial charge in [0.05, 0.1) is 0 Å². The fraction of sp³-hybridized carbons (Fsp3) is 0.333. The van der Waals surface area contributed by atoms with Crippen LogP contribution in [0.2, 0.25) is 0 Å². The Morgan fingerprint density at radius 1 is 0.441 bits per heavy atom. The second-order valence-corrected chi connectivity index (χ2v) is 12.4. The van der Waals surface area contributed by atoms with Crippen molar-refractivity contribution in [2.45, 2.75) is 56.1 Å². The van der Waals surface area contributed by atoms with Gasteiger partial charge in [0, 0.05) is 0 Å². The van der Waals surface area contributed by atoms with Crippen molar-refractivity contribution in [3.8, 4) is 0 Å². The lowest BCUT2D eigenvalue weighted by atomic mass is 9.33. The molecule has 0 bridgehead atoms. The van der Waals surface area contributed by atoms with Crippen molar-refractivity contribution in [3.05, 3.63) is 86.5 Å². The first-order valence-corrected chi connectivity index (χ1v) is 13.6. The van der Waals surface area contributed by atoms with Gasteiger partial charge in [-0.15, -0.1) is 69.6 Å². The molecule has 0 amide bonds. The van der Waals surface area contributed by atoms with Gasteiger partial charge in [-0.25, -0.2) is 0 Å². The van der Waals surface area contributed by atoms with Gasteiger partial charge in [0.25, 0.3) is 0 Å². The molecule has 0 aliphatic carbocycles. The Labute approximate surface area is 233 Å². The van der Waals surface area contributed by atoms with Crippen LogP contribution in [0.1, 0.15) is 64.6 Å². The highest BCUT2D eigenvalue weighted by Crippen LogP contribution is 2.31. The molecule has 0 N–H and O–H groups in total. The summed E-state index contributed by atoms with van der Waals surface area (Å²) in [6, 6.07) is 12.6. The standard InChI is InChI=1S/C27H27BCl6/c1-13-7-16(4)22(19(10-13)25(29)30)28(23-17(5)8-14(2)11-20(23)26(31)32)24-18(6)9-15(3)12-21(24)27(33)34/h7-12,25-27H,1-6H3. The van der Waals surface area contributed by atoms with Crippen LogP contribution in [0.5, 0.6) is 0 Å². The molecule has 0 aromatic heterocycles. The predicted molar refractivity (Wildman–Crippen MR) is 156 cm³/mol. The first-order valence-electron chi connectivity index (χ1n) is 11.0. The summed E-state index contributed by atoms with van der Waals surface area (Å²) in [6.07, 6.45) is 0. The van der Waals surface area contributed by atoms with Gasteiger partial charge in [-0.2, -0.15) is 0 Å². The van der Waals surface area contributed by atoms with Crippen LogP contribution in [-0.2, 0) is 0 Å². The fourth-order valence-electron chi connectivity index (χ4n) is 5.19. The van der Waals surface area contributed by atoms with E-state index in [2.05, 4.69) is 39.0 Å². The van der Waals surface area contributed by atoms with Gasteiger partial charge in [-0.05, 0) is 58.2 Å². The van der Waals surface area contributed by atoms with Crippen LogP contribution >= 0.6 is 69.6 Å². The minimum absolute atomic E-state index is 0.276. The summed E-state index contributed by atoms with van der Waals surface area (Å²) in [5.41, 5.74) is 12.1. The molecule has 0 saturated heterocycles. The number of hydrogen-bond acceptors (Lipinski definition) is 0. The van der Waals surface area contributed by atoms with Gasteiger partial charge in [-0.1, -0.05) is 86.2 Å². The highest BCUT2D eigenvalue weighted by atomic mass is 35.5. The molecule has 34 heavy (non-hydrogen) atoms. The number of rotatable bonds is 6. The van der Waals surface area contributed by atoms with Gasteiger partial charge in [0.15, 0.2) is 0 Å². The SMILES string of the molecule is Cc1cc(C)c(B(c2c(C)cc(C)cc2C(Cl)Cl)c2c(C)cc(C)cc2C(Cl)Cl)c(C(Cl)Cl)c1. The number of halogens is 6. The van der Waals surface area contributed by atoms with Crippen LogP contribution in [0, 0.1) is 41.5 Å². The maximum Gasteiger partial charge on any atom is 0.243 e. The largest absolute Gasteiger partial charge is 0.243 e. The van der Waals surface area contributed by atoms with E-state index in [-0.39, 0.29) is 6.71 Å². The molecule has 0 unspecified atom stereocenters. The number of alkyl halides is 6. The van der Waals surface area contributed by atoms with Gasteiger partial charge in [0.1, 0.15) is 14.5 Å². The number of benzene rings is 3. The quantitative estimate of drug-likeness (QED) is 0.205. The lowest BCUT2D eigenvalue weighted by Crippen LogP contribution is -2.58. The molecule has 3 rings (SSSR count). The third kappa shape index (κ3) is 5.72. The molecule has 3 aromatic carbocycles. The van der Waals surface area contributed by atoms with Crippen molar-refractivity contribution in [2.75, 3.05) is 0 Å². The Morgan fingerprint density at radius 2 is 0.676 bits per heavy atom. The van der Waals surface area contributed by atoms with E-state index in [1.54, 1.807) is 0 Å². The summed E-state index contributed by atoms with van der Waals surface area (Å²) in [5, 5.41) is 0. The zero-order valence-corrected chi connectivity index (χ0v) is 24.6. The Morgan fingerprint density at radius 3 is 0.882 bits per heavy atom. The zero-order chi connectivity index (χ0) is 25.5. The molecular weight excluding hydrogens is 548 g/mol. The average molecular weight is 575 g/mol. The molecular formula is C27H27BCl6. The van der Waals surface area contributed by atoms with Gasteiger partial charge >= 0.3 is 0 Å². The second-order valence-electron chi connectivity index (χ2n) is 9.09. The smallest absolute Gasteiger partial charge is 0.100 e. The van der Waals surface area contributed by atoms with E-state index in [9.17, 15) is 0 Å². The maximum absolute atomic E-state index is 6.57. The van der Waals surface area contributed by atoms with Crippen LogP contribution < -0.4 is 16.4 Å². The minimum atomic E-state index is -0.717. The van der Waals surface area contributed by atoms with Crippen LogP contribution in [0.4, 0.5) is 0 Å². The molecule has 7 heteroatoms. The van der Waals surface area contributed by atoms with Crippen molar-refractivity contribution in [1.82, 2.24) is 0 Å². The summed E-state index contributed by atoms with van der Waals surface area (Å²) in [6.45, 7) is 12.1. The van der Waals surface area contributed by atoms with Crippen LogP contribution in [0.25, 0.3) is 0 Å². The Kier molecular flexibility index (Phi) is 9.27. The molecule has 0 aliphatic heterocycles. The molecule has 0 atom stereocenters. The lowest BCUT2D eigenvalue weighted by molar-refractivity contribution is 1.27. The van der Waals surface area contributed by atoms with Crippen LogP contribution in [0.3, 0.4) is 0 Å². The average Bonchev–Trinajstić information content (AvgIpc) is 2.70. The van der Waals surface area contributed by atoms with Crippen molar-refractivity contribution in [3.63, 3.8) is 0 Å². The molecule has 180 valence electrons. The molecule has 0 saturated carbocycles. The summed E-state index contributed by atoms with van der Waals surface area (Å²) in [7, 11) is 0. The highest BCUT2D eigenvalue weighted by molar-refractivity contribution is 6.97. The first-order chi connectivity index (χ1) is 15.8. The van der Waals surface area contributed by atoms with Crippen molar-refractivity contribution in [2.24, 2.45) is 0 Å². The highest BCUT2D eigenvalue weighted by Gasteiger charge is 2.35.